The van der Waals surface area contributed by atoms with Gasteiger partial charge in [-0.1, -0.05) is 18.2 Å². The molecule has 0 bridgehead atoms. The Kier molecular flexibility index (Phi) is 3.57. The van der Waals surface area contributed by atoms with Crippen LogP contribution in [0.2, 0.25) is 0 Å². The SMILES string of the molecule is Cc1cccc(C)c1N1CCN(C)CC1C(=O)O. The number of carboxylic acids is 1. The Bertz CT molecular complexity index is 439. The van der Waals surface area contributed by atoms with E-state index in [9.17, 15) is 9.90 Å². The van der Waals surface area contributed by atoms with E-state index in [-0.39, 0.29) is 0 Å². The van der Waals surface area contributed by atoms with Crippen molar-refractivity contribution in [2.24, 2.45) is 0 Å². The molecule has 0 saturated carbocycles. The molecule has 1 aromatic carbocycles. The van der Waals surface area contributed by atoms with E-state index in [0.717, 1.165) is 29.9 Å². The van der Waals surface area contributed by atoms with Crippen molar-refractivity contribution in [3.05, 3.63) is 29.3 Å². The molecule has 1 aliphatic rings. The van der Waals surface area contributed by atoms with Crippen molar-refractivity contribution < 1.29 is 9.90 Å². The first-order chi connectivity index (χ1) is 8.50. The summed E-state index contributed by atoms with van der Waals surface area (Å²) in [6.45, 7) is 6.32. The van der Waals surface area contributed by atoms with Crippen LogP contribution in [0.5, 0.6) is 0 Å². The number of hydrogen-bond donors (Lipinski definition) is 1. The number of rotatable bonds is 2. The molecular formula is C14H20N2O2. The highest BCUT2D eigenvalue weighted by atomic mass is 16.4. The fourth-order valence-electron chi connectivity index (χ4n) is 2.66. The van der Waals surface area contributed by atoms with Gasteiger partial charge in [-0.15, -0.1) is 0 Å². The van der Waals surface area contributed by atoms with Crippen LogP contribution in [0.3, 0.4) is 0 Å². The van der Waals surface area contributed by atoms with Gasteiger partial charge in [0, 0.05) is 25.3 Å². The van der Waals surface area contributed by atoms with Gasteiger partial charge < -0.3 is 14.9 Å². The van der Waals surface area contributed by atoms with Gasteiger partial charge in [-0.3, -0.25) is 0 Å². The van der Waals surface area contributed by atoms with E-state index in [1.54, 1.807) is 0 Å². The van der Waals surface area contributed by atoms with Gasteiger partial charge in [0.05, 0.1) is 0 Å². The van der Waals surface area contributed by atoms with Crippen LogP contribution < -0.4 is 4.90 Å². The predicted molar refractivity (Wildman–Crippen MR) is 72.2 cm³/mol. The van der Waals surface area contributed by atoms with Crippen molar-refractivity contribution in [2.75, 3.05) is 31.6 Å². The number of nitrogens with zero attached hydrogens (tertiary/aromatic N) is 2. The van der Waals surface area contributed by atoms with Crippen molar-refractivity contribution in [2.45, 2.75) is 19.9 Å². The Balaban J connectivity index is 2.38. The number of piperazine rings is 1. The molecule has 1 N–H and O–H groups in total. The average molecular weight is 248 g/mol. The van der Waals surface area contributed by atoms with Crippen LogP contribution in [0.1, 0.15) is 11.1 Å². The zero-order valence-electron chi connectivity index (χ0n) is 11.2. The molecule has 0 radical (unpaired) electrons. The van der Waals surface area contributed by atoms with E-state index < -0.39 is 12.0 Å². The van der Waals surface area contributed by atoms with Crippen LogP contribution in [-0.2, 0) is 4.79 Å². The van der Waals surface area contributed by atoms with E-state index >= 15 is 0 Å². The number of likely N-dealkylation sites (N-methyl/N-ethyl adjacent to an activating group) is 1. The van der Waals surface area contributed by atoms with Crippen molar-refractivity contribution in [3.8, 4) is 0 Å². The average Bonchev–Trinajstić information content (AvgIpc) is 2.30. The lowest BCUT2D eigenvalue weighted by molar-refractivity contribution is -0.139. The molecule has 1 saturated heterocycles. The van der Waals surface area contributed by atoms with Gasteiger partial charge in [-0.05, 0) is 32.0 Å². The number of carboxylic acid groups (broad SMARTS) is 1. The minimum absolute atomic E-state index is 0.455. The summed E-state index contributed by atoms with van der Waals surface area (Å²) in [4.78, 5) is 15.5. The second-order valence-electron chi connectivity index (χ2n) is 5.05. The smallest absolute Gasteiger partial charge is 0.327 e. The van der Waals surface area contributed by atoms with E-state index in [1.807, 2.05) is 44.0 Å². The Morgan fingerprint density at radius 1 is 1.28 bits per heavy atom. The number of carbonyl (C=O) groups is 1. The maximum atomic E-state index is 11.4. The standard InChI is InChI=1S/C14H20N2O2/c1-10-5-4-6-11(2)13(10)16-8-7-15(3)9-12(16)14(17)18/h4-6,12H,7-9H2,1-3H3,(H,17,18). The molecule has 4 nitrogen and oxygen atoms in total. The first kappa shape index (κ1) is 12.9. The molecule has 1 atom stereocenters. The van der Waals surface area contributed by atoms with Crippen LogP contribution in [0.25, 0.3) is 0 Å². The predicted octanol–water partition coefficient (Wildman–Crippen LogP) is 1.51. The summed E-state index contributed by atoms with van der Waals surface area (Å²) in [7, 11) is 1.97. The molecule has 2 rings (SSSR count). The molecule has 18 heavy (non-hydrogen) atoms. The lowest BCUT2D eigenvalue weighted by atomic mass is 10.0. The summed E-state index contributed by atoms with van der Waals surface area (Å²) >= 11 is 0. The van der Waals surface area contributed by atoms with Crippen LogP contribution in [0, 0.1) is 13.8 Å². The van der Waals surface area contributed by atoms with Gasteiger partial charge >= 0.3 is 5.97 Å². The number of anilines is 1. The van der Waals surface area contributed by atoms with Crippen LogP contribution in [-0.4, -0.2) is 48.7 Å². The number of aliphatic carboxylic acids is 1. The summed E-state index contributed by atoms with van der Waals surface area (Å²) < 4.78 is 0. The Labute approximate surface area is 108 Å². The highest BCUT2D eigenvalue weighted by Crippen LogP contribution is 2.28. The lowest BCUT2D eigenvalue weighted by Crippen LogP contribution is -2.55. The highest BCUT2D eigenvalue weighted by Gasteiger charge is 2.32. The second kappa shape index (κ2) is 4.98. The number of benzene rings is 1. The highest BCUT2D eigenvalue weighted by molar-refractivity contribution is 5.80. The molecule has 1 unspecified atom stereocenters. The van der Waals surface area contributed by atoms with Gasteiger partial charge in [-0.2, -0.15) is 0 Å². The fourth-order valence-corrected chi connectivity index (χ4v) is 2.66. The fraction of sp³-hybridized carbons (Fsp3) is 0.500. The number of hydrogen-bond acceptors (Lipinski definition) is 3. The summed E-state index contributed by atoms with van der Waals surface area (Å²) in [5, 5.41) is 9.40. The number of para-hydroxylation sites is 1. The van der Waals surface area contributed by atoms with Crippen LogP contribution >= 0.6 is 0 Å². The van der Waals surface area contributed by atoms with Crippen LogP contribution in [0.15, 0.2) is 18.2 Å². The van der Waals surface area contributed by atoms with Crippen LogP contribution in [0.4, 0.5) is 5.69 Å². The van der Waals surface area contributed by atoms with Crippen molar-refractivity contribution in [1.82, 2.24) is 4.90 Å². The molecule has 1 aliphatic heterocycles. The van der Waals surface area contributed by atoms with Crippen molar-refractivity contribution in [1.29, 1.82) is 0 Å². The maximum Gasteiger partial charge on any atom is 0.327 e. The summed E-state index contributed by atoms with van der Waals surface area (Å²) in [6.07, 6.45) is 0. The largest absolute Gasteiger partial charge is 0.480 e. The normalized spacial score (nSPS) is 21.1. The zero-order valence-corrected chi connectivity index (χ0v) is 11.2. The minimum atomic E-state index is -0.746. The summed E-state index contributed by atoms with van der Waals surface area (Å²) in [5.41, 5.74) is 3.37. The van der Waals surface area contributed by atoms with E-state index in [1.165, 1.54) is 0 Å². The Hall–Kier alpha value is -1.55. The van der Waals surface area contributed by atoms with Gasteiger partial charge in [-0.25, -0.2) is 4.79 Å². The summed E-state index contributed by atoms with van der Waals surface area (Å²) in [5.74, 6) is -0.746. The van der Waals surface area contributed by atoms with Gasteiger partial charge in [0.15, 0.2) is 0 Å². The quantitative estimate of drug-likeness (QED) is 0.861. The van der Waals surface area contributed by atoms with Gasteiger partial charge in [0.25, 0.3) is 0 Å². The zero-order chi connectivity index (χ0) is 13.3. The third-order valence-electron chi connectivity index (χ3n) is 3.60. The van der Waals surface area contributed by atoms with E-state index in [2.05, 4.69) is 4.90 Å². The van der Waals surface area contributed by atoms with E-state index in [0.29, 0.717) is 6.54 Å². The Morgan fingerprint density at radius 2 is 1.89 bits per heavy atom. The molecule has 98 valence electrons. The molecule has 0 aromatic heterocycles. The topological polar surface area (TPSA) is 43.8 Å². The van der Waals surface area contributed by atoms with Gasteiger partial charge in [0.1, 0.15) is 6.04 Å². The maximum absolute atomic E-state index is 11.4. The lowest BCUT2D eigenvalue weighted by Gasteiger charge is -2.40. The second-order valence-corrected chi connectivity index (χ2v) is 5.05. The first-order valence-electron chi connectivity index (χ1n) is 6.25. The van der Waals surface area contributed by atoms with Crippen molar-refractivity contribution >= 4 is 11.7 Å². The Morgan fingerprint density at radius 3 is 2.44 bits per heavy atom. The molecule has 4 heteroatoms. The van der Waals surface area contributed by atoms with Crippen molar-refractivity contribution in [3.63, 3.8) is 0 Å². The molecule has 0 spiro atoms. The minimum Gasteiger partial charge on any atom is -0.480 e. The third-order valence-corrected chi connectivity index (χ3v) is 3.60. The molecule has 1 aromatic rings. The molecule has 1 fully saturated rings. The van der Waals surface area contributed by atoms with Gasteiger partial charge in [0.2, 0.25) is 0 Å². The number of aryl methyl sites for hydroxylation is 2. The monoisotopic (exact) mass is 248 g/mol. The van der Waals surface area contributed by atoms with E-state index in [4.69, 9.17) is 0 Å². The molecule has 1 heterocycles. The molecule has 0 aliphatic carbocycles. The first-order valence-corrected chi connectivity index (χ1v) is 6.25. The molecular weight excluding hydrogens is 228 g/mol. The summed E-state index contributed by atoms with van der Waals surface area (Å²) in [6, 6.07) is 5.64. The molecule has 0 amide bonds. The third kappa shape index (κ3) is 2.34.